The number of carboxylic acid groups (broad SMARTS) is 1. The minimum atomic E-state index is -0.696. The molecule has 0 radical (unpaired) electrons. The van der Waals surface area contributed by atoms with Gasteiger partial charge in [-0.1, -0.05) is 13.8 Å². The summed E-state index contributed by atoms with van der Waals surface area (Å²) in [4.78, 5) is 13.0. The van der Waals surface area contributed by atoms with Crippen molar-refractivity contribution in [3.05, 3.63) is 0 Å². The van der Waals surface area contributed by atoms with Crippen molar-refractivity contribution in [2.24, 2.45) is 5.92 Å². The SMILES string of the molecule is CC(C)C(C(=O)O)N1CSCSC1. The molecule has 0 amide bonds. The average Bonchev–Trinajstić information content (AvgIpc) is 2.04. The third-order valence-electron chi connectivity index (χ3n) is 1.96. The van der Waals surface area contributed by atoms with Crippen molar-refractivity contribution >= 4 is 29.5 Å². The lowest BCUT2D eigenvalue weighted by molar-refractivity contribution is -0.144. The molecule has 3 nitrogen and oxygen atoms in total. The van der Waals surface area contributed by atoms with Crippen LogP contribution in [0.25, 0.3) is 0 Å². The van der Waals surface area contributed by atoms with Gasteiger partial charge in [0.25, 0.3) is 0 Å². The van der Waals surface area contributed by atoms with Gasteiger partial charge in [-0.05, 0) is 5.92 Å². The van der Waals surface area contributed by atoms with Crippen LogP contribution in [0, 0.1) is 5.92 Å². The van der Waals surface area contributed by atoms with Gasteiger partial charge in [0.15, 0.2) is 0 Å². The van der Waals surface area contributed by atoms with Crippen molar-refractivity contribution in [1.82, 2.24) is 4.90 Å². The zero-order valence-electron chi connectivity index (χ0n) is 7.90. The molecule has 1 unspecified atom stereocenters. The number of thioether (sulfide) groups is 2. The first-order valence-electron chi connectivity index (χ1n) is 4.25. The third-order valence-corrected chi connectivity index (χ3v) is 4.32. The lowest BCUT2D eigenvalue weighted by Gasteiger charge is -2.33. The Morgan fingerprint density at radius 1 is 1.38 bits per heavy atom. The number of carbonyl (C=O) groups is 1. The van der Waals surface area contributed by atoms with Crippen molar-refractivity contribution in [1.29, 1.82) is 0 Å². The molecule has 1 atom stereocenters. The zero-order valence-corrected chi connectivity index (χ0v) is 9.53. The van der Waals surface area contributed by atoms with Crippen molar-refractivity contribution < 1.29 is 9.90 Å². The van der Waals surface area contributed by atoms with Crippen LogP contribution in [-0.4, -0.2) is 38.9 Å². The third kappa shape index (κ3) is 3.07. The largest absolute Gasteiger partial charge is 0.480 e. The van der Waals surface area contributed by atoms with E-state index in [4.69, 9.17) is 5.11 Å². The van der Waals surface area contributed by atoms with Gasteiger partial charge in [0.1, 0.15) is 6.04 Å². The summed E-state index contributed by atoms with van der Waals surface area (Å²) in [6.07, 6.45) is 0. The fourth-order valence-corrected chi connectivity index (χ4v) is 3.58. The molecule has 76 valence electrons. The minimum Gasteiger partial charge on any atom is -0.480 e. The van der Waals surface area contributed by atoms with Gasteiger partial charge in [-0.15, -0.1) is 23.5 Å². The Balaban J connectivity index is 2.57. The standard InChI is InChI=1S/C8H15NO2S2/c1-6(2)7(8(10)11)9-3-12-5-13-4-9/h6-7H,3-5H2,1-2H3,(H,10,11). The van der Waals surface area contributed by atoms with Crippen LogP contribution in [0.2, 0.25) is 0 Å². The van der Waals surface area contributed by atoms with E-state index in [-0.39, 0.29) is 12.0 Å². The van der Waals surface area contributed by atoms with E-state index in [1.807, 2.05) is 18.7 Å². The number of carboxylic acids is 1. The molecule has 0 spiro atoms. The van der Waals surface area contributed by atoms with E-state index >= 15 is 0 Å². The zero-order chi connectivity index (χ0) is 9.84. The van der Waals surface area contributed by atoms with E-state index in [9.17, 15) is 4.79 Å². The summed E-state index contributed by atoms with van der Waals surface area (Å²) in [5, 5.41) is 10.1. The van der Waals surface area contributed by atoms with Gasteiger partial charge < -0.3 is 5.11 Å². The van der Waals surface area contributed by atoms with Crippen LogP contribution in [0.3, 0.4) is 0 Å². The first-order valence-corrected chi connectivity index (χ1v) is 6.56. The maximum atomic E-state index is 11.0. The first-order chi connectivity index (χ1) is 6.13. The second kappa shape index (κ2) is 5.12. The van der Waals surface area contributed by atoms with Crippen LogP contribution in [0.4, 0.5) is 0 Å². The number of nitrogens with zero attached hydrogens (tertiary/aromatic N) is 1. The summed E-state index contributed by atoms with van der Waals surface area (Å²) >= 11 is 3.58. The number of hydrogen-bond donors (Lipinski definition) is 1. The molecule has 5 heteroatoms. The summed E-state index contributed by atoms with van der Waals surface area (Å²) in [6.45, 7) is 3.92. The van der Waals surface area contributed by atoms with Gasteiger partial charge in [0, 0.05) is 16.8 Å². The predicted octanol–water partition coefficient (Wildman–Crippen LogP) is 1.75. The lowest BCUT2D eigenvalue weighted by Crippen LogP contribution is -2.45. The molecule has 1 fully saturated rings. The van der Waals surface area contributed by atoms with Gasteiger partial charge >= 0.3 is 5.97 Å². The normalized spacial score (nSPS) is 21.8. The van der Waals surface area contributed by atoms with E-state index in [1.54, 1.807) is 23.5 Å². The Bertz CT molecular complexity index is 181. The van der Waals surface area contributed by atoms with Crippen LogP contribution < -0.4 is 0 Å². The van der Waals surface area contributed by atoms with E-state index in [2.05, 4.69) is 0 Å². The van der Waals surface area contributed by atoms with Gasteiger partial charge in [-0.3, -0.25) is 9.69 Å². The van der Waals surface area contributed by atoms with Gasteiger partial charge in [-0.25, -0.2) is 0 Å². The van der Waals surface area contributed by atoms with Crippen molar-refractivity contribution in [3.63, 3.8) is 0 Å². The van der Waals surface area contributed by atoms with Crippen LogP contribution >= 0.6 is 23.5 Å². The summed E-state index contributed by atoms with van der Waals surface area (Å²) in [7, 11) is 0. The molecule has 1 N–H and O–H groups in total. The van der Waals surface area contributed by atoms with E-state index < -0.39 is 5.97 Å². The second-order valence-electron chi connectivity index (χ2n) is 3.40. The highest BCUT2D eigenvalue weighted by atomic mass is 32.2. The molecule has 0 aromatic rings. The highest BCUT2D eigenvalue weighted by Gasteiger charge is 2.29. The van der Waals surface area contributed by atoms with E-state index in [0.29, 0.717) is 0 Å². The maximum Gasteiger partial charge on any atom is 0.321 e. The van der Waals surface area contributed by atoms with Crippen molar-refractivity contribution in [2.45, 2.75) is 19.9 Å². The Morgan fingerprint density at radius 3 is 2.31 bits per heavy atom. The van der Waals surface area contributed by atoms with Crippen LogP contribution in [0.15, 0.2) is 0 Å². The second-order valence-corrected chi connectivity index (χ2v) is 5.68. The lowest BCUT2D eigenvalue weighted by atomic mass is 10.0. The monoisotopic (exact) mass is 221 g/mol. The average molecular weight is 221 g/mol. The van der Waals surface area contributed by atoms with Gasteiger partial charge in [0.05, 0.1) is 0 Å². The smallest absolute Gasteiger partial charge is 0.321 e. The molecule has 0 aromatic carbocycles. The van der Waals surface area contributed by atoms with Crippen LogP contribution in [0.5, 0.6) is 0 Å². The molecular weight excluding hydrogens is 206 g/mol. The number of aliphatic carboxylic acids is 1. The summed E-state index contributed by atoms with van der Waals surface area (Å²) in [5.41, 5.74) is 0. The maximum absolute atomic E-state index is 11.0. The molecule has 0 aromatic heterocycles. The quantitative estimate of drug-likeness (QED) is 0.786. The molecule has 0 saturated carbocycles. The summed E-state index contributed by atoms with van der Waals surface area (Å²) < 4.78 is 0. The highest BCUT2D eigenvalue weighted by molar-refractivity contribution is 8.16. The fraction of sp³-hybridized carbons (Fsp3) is 0.875. The number of hydrogen-bond acceptors (Lipinski definition) is 4. The molecule has 1 aliphatic heterocycles. The topological polar surface area (TPSA) is 40.5 Å². The van der Waals surface area contributed by atoms with Gasteiger partial charge in [-0.2, -0.15) is 0 Å². The van der Waals surface area contributed by atoms with Crippen LogP contribution in [0.1, 0.15) is 13.8 Å². The summed E-state index contributed by atoms with van der Waals surface area (Å²) in [5.74, 6) is 1.18. The summed E-state index contributed by atoms with van der Waals surface area (Å²) in [6, 6.07) is -0.319. The van der Waals surface area contributed by atoms with Crippen molar-refractivity contribution in [2.75, 3.05) is 16.8 Å². The molecule has 1 rings (SSSR count). The number of rotatable bonds is 3. The Labute approximate surface area is 87.2 Å². The molecule has 1 aliphatic rings. The molecule has 13 heavy (non-hydrogen) atoms. The fourth-order valence-electron chi connectivity index (χ4n) is 1.43. The molecule has 0 bridgehead atoms. The molecular formula is C8H15NO2S2. The highest BCUT2D eigenvalue weighted by Crippen LogP contribution is 2.25. The van der Waals surface area contributed by atoms with E-state index in [1.165, 1.54) is 0 Å². The van der Waals surface area contributed by atoms with Gasteiger partial charge in [0.2, 0.25) is 0 Å². The van der Waals surface area contributed by atoms with E-state index in [0.717, 1.165) is 16.8 Å². The first kappa shape index (κ1) is 11.2. The Kier molecular flexibility index (Phi) is 4.41. The van der Waals surface area contributed by atoms with Crippen molar-refractivity contribution in [3.8, 4) is 0 Å². The minimum absolute atomic E-state index is 0.178. The predicted molar refractivity (Wildman–Crippen MR) is 57.9 cm³/mol. The molecule has 1 saturated heterocycles. The Hall–Kier alpha value is 0.130. The van der Waals surface area contributed by atoms with Crippen LogP contribution in [-0.2, 0) is 4.79 Å². The Morgan fingerprint density at radius 2 is 1.92 bits per heavy atom. The molecule has 1 heterocycles. The molecule has 0 aliphatic carbocycles.